The highest BCUT2D eigenvalue weighted by Crippen LogP contribution is 1.99. The highest BCUT2D eigenvalue weighted by molar-refractivity contribution is 5.79. The van der Waals surface area contributed by atoms with Crippen LogP contribution in [-0.2, 0) is 4.79 Å². The fourth-order valence-corrected chi connectivity index (χ4v) is 0.635. The lowest BCUT2D eigenvalue weighted by molar-refractivity contribution is -0.118. The van der Waals surface area contributed by atoms with Crippen molar-refractivity contribution in [3.05, 3.63) is 11.9 Å². The Morgan fingerprint density at radius 3 is 2.60 bits per heavy atom. The molecule has 0 saturated heterocycles. The van der Waals surface area contributed by atoms with Crippen LogP contribution in [0.25, 0.3) is 0 Å². The third kappa shape index (κ3) is 5.48. The number of halogens is 1. The highest BCUT2D eigenvalue weighted by atomic mass is 19.1. The van der Waals surface area contributed by atoms with Crippen molar-refractivity contribution >= 4 is 5.78 Å². The van der Waals surface area contributed by atoms with Gasteiger partial charge in [-0.1, -0.05) is 6.92 Å². The Labute approximate surface area is 60.9 Å². The van der Waals surface area contributed by atoms with Gasteiger partial charge in [-0.3, -0.25) is 4.79 Å². The molecule has 0 aliphatic rings. The van der Waals surface area contributed by atoms with E-state index >= 15 is 0 Å². The van der Waals surface area contributed by atoms with Crippen LogP contribution in [0.5, 0.6) is 0 Å². The van der Waals surface area contributed by atoms with E-state index in [0.717, 1.165) is 6.42 Å². The SMILES string of the molecule is CCCC(=O)C/C=C(\C)F. The van der Waals surface area contributed by atoms with Gasteiger partial charge in [0.1, 0.15) is 5.78 Å². The Bertz CT molecular complexity index is 134. The van der Waals surface area contributed by atoms with Gasteiger partial charge in [0.2, 0.25) is 0 Å². The van der Waals surface area contributed by atoms with E-state index in [1.807, 2.05) is 6.92 Å². The standard InChI is InChI=1S/C8H13FO/c1-3-4-8(10)6-5-7(2)9/h5H,3-4,6H2,1-2H3/b7-5+. The summed E-state index contributed by atoms with van der Waals surface area (Å²) in [4.78, 5) is 10.7. The monoisotopic (exact) mass is 144 g/mol. The minimum atomic E-state index is -0.274. The van der Waals surface area contributed by atoms with Crippen molar-refractivity contribution in [2.45, 2.75) is 33.1 Å². The van der Waals surface area contributed by atoms with Crippen LogP contribution in [0.2, 0.25) is 0 Å². The predicted molar refractivity (Wildman–Crippen MR) is 39.4 cm³/mol. The number of ketones is 1. The van der Waals surface area contributed by atoms with Crippen LogP contribution >= 0.6 is 0 Å². The molecule has 0 amide bonds. The maximum absolute atomic E-state index is 12.0. The van der Waals surface area contributed by atoms with E-state index < -0.39 is 0 Å². The van der Waals surface area contributed by atoms with Crippen molar-refractivity contribution in [3.8, 4) is 0 Å². The Morgan fingerprint density at radius 2 is 2.20 bits per heavy atom. The van der Waals surface area contributed by atoms with Gasteiger partial charge in [-0.15, -0.1) is 0 Å². The molecule has 58 valence electrons. The summed E-state index contributed by atoms with van der Waals surface area (Å²) in [6.45, 7) is 3.28. The summed E-state index contributed by atoms with van der Waals surface area (Å²) in [6.07, 6.45) is 2.97. The first-order chi connectivity index (χ1) is 4.66. The molecule has 1 nitrogen and oxygen atoms in total. The van der Waals surface area contributed by atoms with E-state index in [4.69, 9.17) is 0 Å². The molecule has 0 N–H and O–H groups in total. The molecule has 0 rings (SSSR count). The first-order valence-corrected chi connectivity index (χ1v) is 3.50. The zero-order chi connectivity index (χ0) is 7.98. The third-order valence-corrected chi connectivity index (χ3v) is 1.14. The maximum Gasteiger partial charge on any atom is 0.136 e. The van der Waals surface area contributed by atoms with E-state index in [-0.39, 0.29) is 18.0 Å². The number of carbonyl (C=O) groups is 1. The van der Waals surface area contributed by atoms with Crippen molar-refractivity contribution in [1.82, 2.24) is 0 Å². The van der Waals surface area contributed by atoms with Crippen LogP contribution in [0, 0.1) is 0 Å². The van der Waals surface area contributed by atoms with Crippen molar-refractivity contribution in [2.24, 2.45) is 0 Å². The fraction of sp³-hybridized carbons (Fsp3) is 0.625. The number of hydrogen-bond donors (Lipinski definition) is 0. The van der Waals surface area contributed by atoms with E-state index in [9.17, 15) is 9.18 Å². The van der Waals surface area contributed by atoms with E-state index in [1.165, 1.54) is 13.0 Å². The number of rotatable bonds is 4. The van der Waals surface area contributed by atoms with Gasteiger partial charge in [-0.2, -0.15) is 0 Å². The molecule has 0 aliphatic heterocycles. The van der Waals surface area contributed by atoms with Gasteiger partial charge in [0, 0.05) is 12.8 Å². The lowest BCUT2D eigenvalue weighted by atomic mass is 10.2. The average molecular weight is 144 g/mol. The molecule has 0 spiro atoms. The lowest BCUT2D eigenvalue weighted by Crippen LogP contribution is -1.93. The first kappa shape index (κ1) is 9.34. The zero-order valence-corrected chi connectivity index (χ0v) is 6.48. The van der Waals surface area contributed by atoms with Gasteiger partial charge in [0.25, 0.3) is 0 Å². The third-order valence-electron chi connectivity index (χ3n) is 1.14. The molecular weight excluding hydrogens is 131 g/mol. The van der Waals surface area contributed by atoms with Crippen molar-refractivity contribution in [1.29, 1.82) is 0 Å². The Hall–Kier alpha value is -0.660. The molecule has 10 heavy (non-hydrogen) atoms. The molecule has 2 heteroatoms. The molecule has 0 atom stereocenters. The molecule has 0 saturated carbocycles. The highest BCUT2D eigenvalue weighted by Gasteiger charge is 1.96. The van der Waals surface area contributed by atoms with Crippen LogP contribution in [0.15, 0.2) is 11.9 Å². The number of carbonyl (C=O) groups excluding carboxylic acids is 1. The van der Waals surface area contributed by atoms with Crippen molar-refractivity contribution in [3.63, 3.8) is 0 Å². The van der Waals surface area contributed by atoms with Gasteiger partial charge in [-0.25, -0.2) is 4.39 Å². The molecule has 0 aliphatic carbocycles. The number of allylic oxidation sites excluding steroid dienone is 2. The first-order valence-electron chi connectivity index (χ1n) is 3.50. The van der Waals surface area contributed by atoms with E-state index in [1.54, 1.807) is 0 Å². The average Bonchev–Trinajstić information content (AvgIpc) is 1.85. The molecule has 0 bridgehead atoms. The largest absolute Gasteiger partial charge is 0.299 e. The van der Waals surface area contributed by atoms with E-state index in [0.29, 0.717) is 6.42 Å². The van der Waals surface area contributed by atoms with Gasteiger partial charge in [0.15, 0.2) is 0 Å². The number of hydrogen-bond acceptors (Lipinski definition) is 1. The van der Waals surface area contributed by atoms with Gasteiger partial charge in [0.05, 0.1) is 5.83 Å². The fourth-order valence-electron chi connectivity index (χ4n) is 0.635. The minimum Gasteiger partial charge on any atom is -0.299 e. The van der Waals surface area contributed by atoms with Gasteiger partial charge < -0.3 is 0 Å². The summed E-state index contributed by atoms with van der Waals surface area (Å²) in [5, 5.41) is 0. The second-order valence-electron chi connectivity index (χ2n) is 2.28. The molecule has 0 heterocycles. The summed E-state index contributed by atoms with van der Waals surface area (Å²) in [7, 11) is 0. The Kier molecular flexibility index (Phi) is 4.81. The summed E-state index contributed by atoms with van der Waals surface area (Å²) in [5.41, 5.74) is 0. The van der Waals surface area contributed by atoms with E-state index in [2.05, 4.69) is 0 Å². The molecule has 0 unspecified atom stereocenters. The Balaban J connectivity index is 3.49. The predicted octanol–water partition coefficient (Wildman–Crippen LogP) is 2.62. The number of Topliss-reactive ketones (excluding diaryl/α,β-unsaturated/α-hetero) is 1. The second-order valence-corrected chi connectivity index (χ2v) is 2.28. The lowest BCUT2D eigenvalue weighted by Gasteiger charge is -1.91. The molecule has 0 aromatic carbocycles. The van der Waals surface area contributed by atoms with Crippen molar-refractivity contribution in [2.75, 3.05) is 0 Å². The molecule has 0 aromatic rings. The molecular formula is C8H13FO. The summed E-state index contributed by atoms with van der Waals surface area (Å²) in [6, 6.07) is 0. The molecule has 0 radical (unpaired) electrons. The van der Waals surface area contributed by atoms with Crippen LogP contribution < -0.4 is 0 Å². The van der Waals surface area contributed by atoms with Crippen LogP contribution in [-0.4, -0.2) is 5.78 Å². The topological polar surface area (TPSA) is 17.1 Å². The summed E-state index contributed by atoms with van der Waals surface area (Å²) < 4.78 is 12.0. The summed E-state index contributed by atoms with van der Waals surface area (Å²) >= 11 is 0. The zero-order valence-electron chi connectivity index (χ0n) is 6.48. The second kappa shape index (κ2) is 5.15. The quantitative estimate of drug-likeness (QED) is 0.592. The van der Waals surface area contributed by atoms with Gasteiger partial charge >= 0.3 is 0 Å². The van der Waals surface area contributed by atoms with Crippen molar-refractivity contribution < 1.29 is 9.18 Å². The Morgan fingerprint density at radius 1 is 1.60 bits per heavy atom. The normalized spacial score (nSPS) is 11.7. The van der Waals surface area contributed by atoms with Crippen LogP contribution in [0.4, 0.5) is 4.39 Å². The van der Waals surface area contributed by atoms with Crippen LogP contribution in [0.3, 0.4) is 0 Å². The maximum atomic E-state index is 12.0. The minimum absolute atomic E-state index is 0.111. The molecule has 0 aromatic heterocycles. The summed E-state index contributed by atoms with van der Waals surface area (Å²) in [5.74, 6) is -0.163. The molecule has 0 fully saturated rings. The smallest absolute Gasteiger partial charge is 0.136 e. The van der Waals surface area contributed by atoms with Gasteiger partial charge in [-0.05, 0) is 19.4 Å². The van der Waals surface area contributed by atoms with Crippen LogP contribution in [0.1, 0.15) is 33.1 Å².